The number of aromatic nitrogens is 2. The molecule has 0 aliphatic heterocycles. The van der Waals surface area contributed by atoms with Gasteiger partial charge in [-0.25, -0.2) is 4.98 Å². The molecule has 14 heavy (non-hydrogen) atoms. The minimum absolute atomic E-state index is 0.248. The highest BCUT2D eigenvalue weighted by atomic mass is 16.7. The summed E-state index contributed by atoms with van der Waals surface area (Å²) in [6, 6.07) is 0.609. The van der Waals surface area contributed by atoms with Crippen LogP contribution in [0.15, 0.2) is 12.5 Å². The van der Waals surface area contributed by atoms with E-state index in [2.05, 4.69) is 4.98 Å². The molecule has 1 heterocycles. The summed E-state index contributed by atoms with van der Waals surface area (Å²) in [5.74, 6) is 0. The van der Waals surface area contributed by atoms with Gasteiger partial charge in [0.05, 0.1) is 24.3 Å². The molecule has 0 bridgehead atoms. The maximum absolute atomic E-state index is 5.78. The molecule has 5 nitrogen and oxygen atoms in total. The van der Waals surface area contributed by atoms with Gasteiger partial charge in [-0.2, -0.15) is 0 Å². The fourth-order valence-electron chi connectivity index (χ4n) is 1.63. The molecule has 2 unspecified atom stereocenters. The molecule has 0 spiro atoms. The summed E-state index contributed by atoms with van der Waals surface area (Å²) >= 11 is 0. The lowest BCUT2D eigenvalue weighted by Gasteiger charge is -2.15. The predicted octanol–water partition coefficient (Wildman–Crippen LogP) is 0.447. The van der Waals surface area contributed by atoms with Crippen LogP contribution in [-0.2, 0) is 9.47 Å². The Bertz CT molecular complexity index is 309. The number of rotatable bonds is 4. The molecule has 1 aliphatic rings. The van der Waals surface area contributed by atoms with Crippen molar-refractivity contribution in [2.24, 2.45) is 5.73 Å². The number of nitrogens with two attached hydrogens (primary N) is 1. The number of ether oxygens (including phenoxy) is 2. The number of hydrogen-bond acceptors (Lipinski definition) is 4. The summed E-state index contributed by atoms with van der Waals surface area (Å²) in [6.07, 6.45) is 4.18. The van der Waals surface area contributed by atoms with E-state index in [-0.39, 0.29) is 12.3 Å². The van der Waals surface area contributed by atoms with Gasteiger partial charge >= 0.3 is 0 Å². The molecule has 0 radical (unpaired) electrons. The quantitative estimate of drug-likeness (QED) is 0.712. The molecular weight excluding hydrogens is 182 g/mol. The first-order valence-corrected chi connectivity index (χ1v) is 4.60. The third-order valence-electron chi connectivity index (χ3n) is 2.53. The summed E-state index contributed by atoms with van der Waals surface area (Å²) in [6.45, 7) is 0. The van der Waals surface area contributed by atoms with E-state index in [1.807, 2.05) is 4.57 Å². The predicted molar refractivity (Wildman–Crippen MR) is 50.6 cm³/mol. The second-order valence-electron chi connectivity index (χ2n) is 3.50. The monoisotopic (exact) mass is 197 g/mol. The first-order valence-electron chi connectivity index (χ1n) is 4.60. The highest BCUT2D eigenvalue weighted by Gasteiger charge is 2.37. The highest BCUT2D eigenvalue weighted by molar-refractivity contribution is 5.09. The molecule has 1 aliphatic carbocycles. The van der Waals surface area contributed by atoms with E-state index >= 15 is 0 Å². The van der Waals surface area contributed by atoms with E-state index in [1.54, 1.807) is 26.7 Å². The molecule has 1 aromatic rings. The first kappa shape index (κ1) is 9.64. The summed E-state index contributed by atoms with van der Waals surface area (Å²) in [5.41, 5.74) is 6.70. The molecule has 0 aromatic carbocycles. The minimum atomic E-state index is -0.356. The Hall–Kier alpha value is -0.910. The number of imidazole rings is 1. The Morgan fingerprint density at radius 2 is 2.21 bits per heavy atom. The van der Waals surface area contributed by atoms with Gasteiger partial charge in [0.15, 0.2) is 6.29 Å². The van der Waals surface area contributed by atoms with E-state index < -0.39 is 0 Å². The largest absolute Gasteiger partial charge is 0.350 e. The van der Waals surface area contributed by atoms with E-state index in [0.29, 0.717) is 6.04 Å². The average Bonchev–Trinajstić information content (AvgIpc) is 2.74. The van der Waals surface area contributed by atoms with Crippen molar-refractivity contribution in [2.75, 3.05) is 14.2 Å². The lowest BCUT2D eigenvalue weighted by molar-refractivity contribution is -0.110. The van der Waals surface area contributed by atoms with Crippen molar-refractivity contribution in [3.8, 4) is 0 Å². The highest BCUT2D eigenvalue weighted by Crippen LogP contribution is 2.36. The van der Waals surface area contributed by atoms with Crippen LogP contribution in [0.4, 0.5) is 0 Å². The average molecular weight is 197 g/mol. The second-order valence-corrected chi connectivity index (χ2v) is 3.50. The molecule has 0 saturated heterocycles. The van der Waals surface area contributed by atoms with Crippen LogP contribution in [0.3, 0.4) is 0 Å². The fourth-order valence-corrected chi connectivity index (χ4v) is 1.63. The van der Waals surface area contributed by atoms with E-state index in [1.165, 1.54) is 0 Å². The Kier molecular flexibility index (Phi) is 2.54. The van der Waals surface area contributed by atoms with Crippen LogP contribution in [0.5, 0.6) is 0 Å². The van der Waals surface area contributed by atoms with Gasteiger partial charge in [-0.3, -0.25) is 0 Å². The molecular formula is C9H15N3O2. The van der Waals surface area contributed by atoms with Crippen molar-refractivity contribution < 1.29 is 9.47 Å². The van der Waals surface area contributed by atoms with Gasteiger partial charge in [-0.15, -0.1) is 0 Å². The van der Waals surface area contributed by atoms with Gasteiger partial charge in [0.25, 0.3) is 0 Å². The summed E-state index contributed by atoms with van der Waals surface area (Å²) < 4.78 is 12.4. The van der Waals surface area contributed by atoms with Crippen LogP contribution >= 0.6 is 0 Å². The third kappa shape index (κ3) is 1.54. The molecule has 2 atom stereocenters. The van der Waals surface area contributed by atoms with Crippen molar-refractivity contribution in [1.82, 2.24) is 9.55 Å². The normalized spacial score (nSPS) is 25.7. The van der Waals surface area contributed by atoms with Crippen LogP contribution in [0.25, 0.3) is 0 Å². The Morgan fingerprint density at radius 1 is 1.57 bits per heavy atom. The van der Waals surface area contributed by atoms with E-state index in [9.17, 15) is 0 Å². The molecule has 1 fully saturated rings. The number of nitrogens with zero attached hydrogens (tertiary/aromatic N) is 2. The fraction of sp³-hybridized carbons (Fsp3) is 0.667. The Balaban J connectivity index is 2.20. The maximum Gasteiger partial charge on any atom is 0.200 e. The molecule has 0 amide bonds. The molecule has 2 N–H and O–H groups in total. The van der Waals surface area contributed by atoms with Gasteiger partial charge in [-0.05, 0) is 6.42 Å². The summed E-state index contributed by atoms with van der Waals surface area (Å²) in [5, 5.41) is 0. The second kappa shape index (κ2) is 3.68. The lowest BCUT2D eigenvalue weighted by Crippen LogP contribution is -2.13. The van der Waals surface area contributed by atoms with Crippen molar-refractivity contribution in [3.05, 3.63) is 18.2 Å². The molecule has 5 heteroatoms. The van der Waals surface area contributed by atoms with Crippen molar-refractivity contribution >= 4 is 0 Å². The van der Waals surface area contributed by atoms with E-state index in [0.717, 1.165) is 12.1 Å². The summed E-state index contributed by atoms with van der Waals surface area (Å²) in [7, 11) is 3.22. The number of methoxy groups -OCH3 is 2. The third-order valence-corrected chi connectivity index (χ3v) is 2.53. The first-order chi connectivity index (χ1) is 6.77. The van der Waals surface area contributed by atoms with Crippen LogP contribution in [0.1, 0.15) is 24.4 Å². The smallest absolute Gasteiger partial charge is 0.200 e. The molecule has 1 saturated carbocycles. The van der Waals surface area contributed by atoms with E-state index in [4.69, 9.17) is 15.2 Å². The van der Waals surface area contributed by atoms with Crippen LogP contribution in [0, 0.1) is 0 Å². The molecule has 78 valence electrons. The zero-order valence-electron chi connectivity index (χ0n) is 8.38. The Morgan fingerprint density at radius 3 is 2.71 bits per heavy atom. The SMILES string of the molecule is COC(OC)c1cncn1C1CC1N. The minimum Gasteiger partial charge on any atom is -0.350 e. The van der Waals surface area contributed by atoms with Crippen molar-refractivity contribution in [1.29, 1.82) is 0 Å². The van der Waals surface area contributed by atoms with Gasteiger partial charge in [0.2, 0.25) is 0 Å². The maximum atomic E-state index is 5.78. The zero-order valence-corrected chi connectivity index (χ0v) is 8.38. The summed E-state index contributed by atoms with van der Waals surface area (Å²) in [4.78, 5) is 4.08. The topological polar surface area (TPSA) is 62.3 Å². The molecule has 2 rings (SSSR count). The number of hydrogen-bond donors (Lipinski definition) is 1. The standard InChI is InChI=1S/C9H15N3O2/c1-13-9(14-2)8-4-11-5-12(8)7-3-6(7)10/h4-7,9H,3,10H2,1-2H3. The lowest BCUT2D eigenvalue weighted by atomic mass is 10.4. The van der Waals surface area contributed by atoms with Crippen LogP contribution in [0.2, 0.25) is 0 Å². The van der Waals surface area contributed by atoms with Crippen LogP contribution in [-0.4, -0.2) is 29.8 Å². The van der Waals surface area contributed by atoms with Gasteiger partial charge in [0.1, 0.15) is 0 Å². The van der Waals surface area contributed by atoms with Gasteiger partial charge < -0.3 is 19.8 Å². The van der Waals surface area contributed by atoms with Gasteiger partial charge in [0, 0.05) is 20.3 Å². The van der Waals surface area contributed by atoms with Crippen molar-refractivity contribution in [2.45, 2.75) is 24.8 Å². The molecule has 1 aromatic heterocycles. The van der Waals surface area contributed by atoms with Crippen LogP contribution < -0.4 is 5.73 Å². The van der Waals surface area contributed by atoms with Gasteiger partial charge in [-0.1, -0.05) is 0 Å². The van der Waals surface area contributed by atoms with Crippen molar-refractivity contribution in [3.63, 3.8) is 0 Å². The Labute approximate surface area is 82.8 Å². The zero-order chi connectivity index (χ0) is 10.1.